The highest BCUT2D eigenvalue weighted by molar-refractivity contribution is 9.10. The third-order valence-corrected chi connectivity index (χ3v) is 4.33. The molecular weight excluding hydrogens is 466 g/mol. The van der Waals surface area contributed by atoms with Crippen molar-refractivity contribution in [1.82, 2.24) is 10.3 Å². The van der Waals surface area contributed by atoms with Crippen molar-refractivity contribution in [2.45, 2.75) is 6.04 Å². The smallest absolute Gasteiger partial charge is 0.328 e. The number of hydrogen-bond acceptors (Lipinski definition) is 7. The standard InChI is InChI=1S/C10H12BrN3.2C4H4O4/c11-8-1-9(4-13-3-8)14-6-7-2-12-5-10(7)14;2*5-3(6)1-2-4(7)8/h1,3-4,7,10,12H,2,5-6H2;2*1-2H,(H,5,6)(H,7,8)/b;2*2-1+/t7-,10-;;/m0../s1. The first-order chi connectivity index (χ1) is 14.1. The molecule has 3 heterocycles. The SMILES string of the molecule is Brc1cncc(N2C[C@@H]3CNC[C@@H]32)c1.O=C(O)/C=C/C(=O)O.O=C(O)/C=C/C(=O)O. The lowest BCUT2D eigenvalue weighted by Crippen LogP contribution is -2.55. The van der Waals surface area contributed by atoms with Gasteiger partial charge in [-0.1, -0.05) is 0 Å². The van der Waals surface area contributed by atoms with Crippen LogP contribution in [0.1, 0.15) is 0 Å². The average Bonchev–Trinajstić information content (AvgIpc) is 3.00. The first-order valence-corrected chi connectivity index (χ1v) is 9.25. The number of aromatic nitrogens is 1. The van der Waals surface area contributed by atoms with E-state index in [1.807, 2.05) is 12.4 Å². The van der Waals surface area contributed by atoms with Gasteiger partial charge in [-0.15, -0.1) is 0 Å². The summed E-state index contributed by atoms with van der Waals surface area (Å²) in [5.41, 5.74) is 1.24. The number of anilines is 1. The normalized spacial score (nSPS) is 19.0. The number of halogens is 1. The van der Waals surface area contributed by atoms with Gasteiger partial charge in [0.1, 0.15) is 0 Å². The van der Waals surface area contributed by atoms with Crippen molar-refractivity contribution in [2.75, 3.05) is 24.5 Å². The molecule has 30 heavy (non-hydrogen) atoms. The van der Waals surface area contributed by atoms with Gasteiger partial charge in [0, 0.05) is 66.6 Å². The summed E-state index contributed by atoms with van der Waals surface area (Å²) in [5, 5.41) is 34.7. The van der Waals surface area contributed by atoms with E-state index in [0.29, 0.717) is 30.3 Å². The first kappa shape index (κ1) is 24.8. The minimum Gasteiger partial charge on any atom is -0.478 e. The Labute approximate surface area is 179 Å². The third kappa shape index (κ3) is 9.30. The summed E-state index contributed by atoms with van der Waals surface area (Å²) in [7, 11) is 0. The van der Waals surface area contributed by atoms with E-state index in [-0.39, 0.29) is 0 Å². The Kier molecular flexibility index (Phi) is 10.2. The third-order valence-electron chi connectivity index (χ3n) is 3.89. The summed E-state index contributed by atoms with van der Waals surface area (Å²) in [5.74, 6) is -4.17. The van der Waals surface area contributed by atoms with E-state index in [1.165, 1.54) is 18.8 Å². The van der Waals surface area contributed by atoms with E-state index in [2.05, 4.69) is 37.2 Å². The van der Waals surface area contributed by atoms with Crippen molar-refractivity contribution in [3.63, 3.8) is 0 Å². The summed E-state index contributed by atoms with van der Waals surface area (Å²) in [6, 6.07) is 2.84. The molecule has 0 amide bonds. The lowest BCUT2D eigenvalue weighted by molar-refractivity contribution is -0.134. The minimum absolute atomic E-state index is 0.558. The second kappa shape index (κ2) is 12.3. The van der Waals surface area contributed by atoms with E-state index in [1.54, 1.807) is 0 Å². The summed E-state index contributed by atoms with van der Waals surface area (Å²) in [6.07, 6.45) is 6.00. The van der Waals surface area contributed by atoms with Crippen molar-refractivity contribution in [3.05, 3.63) is 47.2 Å². The lowest BCUT2D eigenvalue weighted by atomic mass is 9.91. The molecule has 0 bridgehead atoms. The van der Waals surface area contributed by atoms with Crippen molar-refractivity contribution in [2.24, 2.45) is 5.92 Å². The monoisotopic (exact) mass is 485 g/mol. The minimum atomic E-state index is -1.26. The Morgan fingerprint density at radius 3 is 1.83 bits per heavy atom. The lowest BCUT2D eigenvalue weighted by Gasteiger charge is -2.45. The molecular formula is C18H20BrN3O8. The number of carbonyl (C=O) groups is 4. The summed E-state index contributed by atoms with van der Waals surface area (Å²) in [6.45, 7) is 3.48. The number of nitrogens with zero attached hydrogens (tertiary/aromatic N) is 2. The molecule has 2 atom stereocenters. The molecule has 0 spiro atoms. The number of fused-ring (bicyclic) bond motifs is 1. The number of carboxylic acids is 4. The predicted octanol–water partition coefficient (Wildman–Crippen LogP) is 0.676. The van der Waals surface area contributed by atoms with E-state index in [9.17, 15) is 19.2 Å². The largest absolute Gasteiger partial charge is 0.478 e. The molecule has 0 unspecified atom stereocenters. The molecule has 2 aliphatic heterocycles. The fraction of sp³-hybridized carbons (Fsp3) is 0.278. The molecule has 3 rings (SSSR count). The van der Waals surface area contributed by atoms with Crippen LogP contribution in [0.2, 0.25) is 0 Å². The second-order valence-corrected chi connectivity index (χ2v) is 6.93. The van der Waals surface area contributed by atoms with E-state index in [4.69, 9.17) is 20.4 Å². The quantitative estimate of drug-likeness (QED) is 0.370. The fourth-order valence-corrected chi connectivity index (χ4v) is 3.01. The molecule has 162 valence electrons. The molecule has 0 aliphatic carbocycles. The number of aliphatic carboxylic acids is 4. The zero-order chi connectivity index (χ0) is 22.7. The summed E-state index contributed by atoms with van der Waals surface area (Å²) < 4.78 is 1.06. The van der Waals surface area contributed by atoms with Crippen LogP contribution in [-0.4, -0.2) is 75.0 Å². The summed E-state index contributed by atoms with van der Waals surface area (Å²) >= 11 is 3.45. The van der Waals surface area contributed by atoms with Crippen LogP contribution in [0.3, 0.4) is 0 Å². The molecule has 1 aromatic heterocycles. The predicted molar refractivity (Wildman–Crippen MR) is 108 cm³/mol. The highest BCUT2D eigenvalue weighted by Crippen LogP contribution is 2.33. The van der Waals surface area contributed by atoms with Crippen molar-refractivity contribution >= 4 is 45.5 Å². The molecule has 0 saturated carbocycles. The number of carboxylic acid groups (broad SMARTS) is 4. The maximum atomic E-state index is 9.55. The molecule has 0 radical (unpaired) electrons. The Morgan fingerprint density at radius 1 is 0.933 bits per heavy atom. The fourth-order valence-electron chi connectivity index (χ4n) is 2.66. The molecule has 0 aromatic carbocycles. The number of nitrogens with one attached hydrogen (secondary N) is 1. The Hall–Kier alpha value is -3.25. The zero-order valence-electron chi connectivity index (χ0n) is 15.5. The highest BCUT2D eigenvalue weighted by Gasteiger charge is 2.42. The van der Waals surface area contributed by atoms with Crippen LogP contribution in [0.4, 0.5) is 5.69 Å². The van der Waals surface area contributed by atoms with Crippen molar-refractivity contribution < 1.29 is 39.6 Å². The molecule has 11 nitrogen and oxygen atoms in total. The molecule has 1 aromatic rings. The molecule has 5 N–H and O–H groups in total. The number of rotatable bonds is 5. The van der Waals surface area contributed by atoms with Crippen LogP contribution >= 0.6 is 15.9 Å². The van der Waals surface area contributed by atoms with E-state index in [0.717, 1.165) is 16.9 Å². The Bertz CT molecular complexity index is 776. The number of hydrogen-bond donors (Lipinski definition) is 5. The van der Waals surface area contributed by atoms with Crippen LogP contribution in [0.15, 0.2) is 47.2 Å². The van der Waals surface area contributed by atoms with Crippen molar-refractivity contribution in [1.29, 1.82) is 0 Å². The first-order valence-electron chi connectivity index (χ1n) is 8.46. The van der Waals surface area contributed by atoms with Crippen molar-refractivity contribution in [3.8, 4) is 0 Å². The highest BCUT2D eigenvalue weighted by atomic mass is 79.9. The van der Waals surface area contributed by atoms with Gasteiger partial charge in [0.05, 0.1) is 11.9 Å². The van der Waals surface area contributed by atoms with Gasteiger partial charge >= 0.3 is 23.9 Å². The average molecular weight is 486 g/mol. The summed E-state index contributed by atoms with van der Waals surface area (Å²) in [4.78, 5) is 44.8. The maximum Gasteiger partial charge on any atom is 0.328 e. The van der Waals surface area contributed by atoms with Crippen LogP contribution < -0.4 is 10.2 Å². The number of pyridine rings is 1. The zero-order valence-corrected chi connectivity index (χ0v) is 17.1. The molecule has 2 saturated heterocycles. The van der Waals surface area contributed by atoms with Crippen LogP contribution in [0.25, 0.3) is 0 Å². The van der Waals surface area contributed by atoms with Gasteiger partial charge in [-0.3, -0.25) is 4.98 Å². The van der Waals surface area contributed by atoms with Crippen LogP contribution in [0, 0.1) is 5.92 Å². The topological polar surface area (TPSA) is 177 Å². The van der Waals surface area contributed by atoms with Crippen LogP contribution in [0.5, 0.6) is 0 Å². The maximum absolute atomic E-state index is 9.55. The van der Waals surface area contributed by atoms with E-state index >= 15 is 0 Å². The van der Waals surface area contributed by atoms with Gasteiger partial charge in [0.15, 0.2) is 0 Å². The second-order valence-electron chi connectivity index (χ2n) is 6.02. The van der Waals surface area contributed by atoms with Gasteiger partial charge in [-0.05, 0) is 22.0 Å². The van der Waals surface area contributed by atoms with Gasteiger partial charge in [0.25, 0.3) is 0 Å². The van der Waals surface area contributed by atoms with Gasteiger partial charge in [0.2, 0.25) is 0 Å². The van der Waals surface area contributed by atoms with Gasteiger partial charge < -0.3 is 30.6 Å². The molecule has 12 heteroatoms. The molecule has 2 fully saturated rings. The van der Waals surface area contributed by atoms with E-state index < -0.39 is 23.9 Å². The Balaban J connectivity index is 0.000000245. The Morgan fingerprint density at radius 2 is 1.43 bits per heavy atom. The van der Waals surface area contributed by atoms with Gasteiger partial charge in [-0.2, -0.15) is 0 Å². The van der Waals surface area contributed by atoms with Crippen LogP contribution in [-0.2, 0) is 19.2 Å². The molecule has 2 aliphatic rings. The van der Waals surface area contributed by atoms with Gasteiger partial charge in [-0.25, -0.2) is 19.2 Å².